The summed E-state index contributed by atoms with van der Waals surface area (Å²) in [6.45, 7) is 5.31. The quantitative estimate of drug-likeness (QED) is 0.382. The van der Waals surface area contributed by atoms with Gasteiger partial charge in [-0.1, -0.05) is 0 Å². The van der Waals surface area contributed by atoms with E-state index in [1.54, 1.807) is 7.05 Å². The molecular formula is C16H32N6O. The fourth-order valence-electron chi connectivity index (χ4n) is 2.30. The highest BCUT2D eigenvalue weighted by Gasteiger charge is 2.16. The first-order valence-electron chi connectivity index (χ1n) is 8.25. The fourth-order valence-corrected chi connectivity index (χ4v) is 2.30. The zero-order valence-electron chi connectivity index (χ0n) is 15.2. The van der Waals surface area contributed by atoms with Gasteiger partial charge in [-0.15, -0.1) is 0 Å². The number of guanidine groups is 1. The van der Waals surface area contributed by atoms with Gasteiger partial charge < -0.3 is 20.3 Å². The number of rotatable bonds is 10. The molecule has 0 fully saturated rings. The third-order valence-electron chi connectivity index (χ3n) is 3.63. The van der Waals surface area contributed by atoms with Gasteiger partial charge in [0.25, 0.3) is 0 Å². The molecule has 2 N–H and O–H groups in total. The minimum Gasteiger partial charge on any atom is -0.382 e. The van der Waals surface area contributed by atoms with Crippen molar-refractivity contribution in [1.29, 1.82) is 0 Å². The molecule has 23 heavy (non-hydrogen) atoms. The minimum absolute atomic E-state index is 0.250. The van der Waals surface area contributed by atoms with Crippen LogP contribution in [0.25, 0.3) is 0 Å². The molecule has 0 aromatic carbocycles. The Kier molecular flexibility index (Phi) is 9.31. The zero-order valence-corrected chi connectivity index (χ0v) is 15.2. The summed E-state index contributed by atoms with van der Waals surface area (Å²) < 4.78 is 7.17. The number of nitrogens with one attached hydrogen (secondary N) is 2. The fraction of sp³-hybridized carbons (Fsp3) is 0.750. The largest absolute Gasteiger partial charge is 0.382 e. The first-order valence-corrected chi connectivity index (χ1v) is 8.25. The predicted molar refractivity (Wildman–Crippen MR) is 94.7 cm³/mol. The molecule has 1 atom stereocenters. The van der Waals surface area contributed by atoms with Crippen LogP contribution in [0, 0.1) is 0 Å². The number of hydrogen-bond acceptors (Lipinski definition) is 4. The normalized spacial score (nSPS) is 13.4. The lowest BCUT2D eigenvalue weighted by Crippen LogP contribution is -2.42. The van der Waals surface area contributed by atoms with Crippen molar-refractivity contribution >= 4 is 5.96 Å². The van der Waals surface area contributed by atoms with Crippen LogP contribution < -0.4 is 10.6 Å². The van der Waals surface area contributed by atoms with E-state index in [1.165, 1.54) is 5.56 Å². The number of ether oxygens (including phenoxy) is 1. The Bertz CT molecular complexity index is 457. The monoisotopic (exact) mass is 324 g/mol. The van der Waals surface area contributed by atoms with E-state index < -0.39 is 0 Å². The third kappa shape index (κ3) is 7.47. The molecule has 132 valence electrons. The topological polar surface area (TPSA) is 66.7 Å². The van der Waals surface area contributed by atoms with Crippen LogP contribution in [-0.2, 0) is 11.8 Å². The lowest BCUT2D eigenvalue weighted by atomic mass is 10.1. The highest BCUT2D eigenvalue weighted by Crippen LogP contribution is 2.15. The molecule has 0 bridgehead atoms. The zero-order chi connectivity index (χ0) is 17.1. The average Bonchev–Trinajstić information content (AvgIpc) is 2.94. The third-order valence-corrected chi connectivity index (χ3v) is 3.63. The van der Waals surface area contributed by atoms with Crippen LogP contribution in [0.2, 0.25) is 0 Å². The smallest absolute Gasteiger partial charge is 0.191 e. The highest BCUT2D eigenvalue weighted by molar-refractivity contribution is 5.79. The Labute approximate surface area is 140 Å². The standard InChI is InChI=1S/C16H32N6O/c1-6-23-10-8-7-9-18-16(17-2)19-12-15(21(3)4)14-11-20-22(5)13-14/h11,13,15H,6-10,12H2,1-5H3,(H2,17,18,19). The summed E-state index contributed by atoms with van der Waals surface area (Å²) in [7, 11) is 7.88. The second kappa shape index (κ2) is 11.0. The maximum Gasteiger partial charge on any atom is 0.191 e. The van der Waals surface area contributed by atoms with Crippen LogP contribution in [-0.4, -0.2) is 68.1 Å². The molecule has 1 heterocycles. The number of aliphatic imine (C=N–C) groups is 1. The average molecular weight is 324 g/mol. The Morgan fingerprint density at radius 2 is 2.17 bits per heavy atom. The molecule has 1 aromatic heterocycles. The lowest BCUT2D eigenvalue weighted by Gasteiger charge is -2.24. The van der Waals surface area contributed by atoms with Crippen molar-refractivity contribution in [2.75, 3.05) is 47.4 Å². The van der Waals surface area contributed by atoms with Crippen molar-refractivity contribution in [2.45, 2.75) is 25.8 Å². The summed E-state index contributed by atoms with van der Waals surface area (Å²) in [5.74, 6) is 0.831. The molecular weight excluding hydrogens is 292 g/mol. The van der Waals surface area contributed by atoms with Gasteiger partial charge in [0, 0.05) is 52.2 Å². The summed E-state index contributed by atoms with van der Waals surface area (Å²) in [6, 6.07) is 0.250. The van der Waals surface area contributed by atoms with E-state index in [2.05, 4.69) is 45.9 Å². The van der Waals surface area contributed by atoms with Crippen LogP contribution in [0.4, 0.5) is 0 Å². The van der Waals surface area contributed by atoms with Crippen molar-refractivity contribution in [3.63, 3.8) is 0 Å². The van der Waals surface area contributed by atoms with E-state index in [0.717, 1.165) is 45.1 Å². The van der Waals surface area contributed by atoms with E-state index in [1.807, 2.05) is 24.9 Å². The van der Waals surface area contributed by atoms with Crippen molar-refractivity contribution in [1.82, 2.24) is 25.3 Å². The first kappa shape index (κ1) is 19.4. The molecule has 0 aliphatic rings. The molecule has 0 saturated heterocycles. The summed E-state index contributed by atoms with van der Waals surface area (Å²) >= 11 is 0. The second-order valence-electron chi connectivity index (χ2n) is 5.71. The lowest BCUT2D eigenvalue weighted by molar-refractivity contribution is 0.143. The number of unbranched alkanes of at least 4 members (excludes halogenated alkanes) is 1. The van der Waals surface area contributed by atoms with Gasteiger partial charge >= 0.3 is 0 Å². The van der Waals surface area contributed by atoms with Crippen LogP contribution >= 0.6 is 0 Å². The SMILES string of the molecule is CCOCCCCNC(=NC)NCC(c1cnn(C)c1)N(C)C. The van der Waals surface area contributed by atoms with Gasteiger partial charge in [0.1, 0.15) is 0 Å². The van der Waals surface area contributed by atoms with E-state index in [-0.39, 0.29) is 6.04 Å². The molecule has 0 saturated carbocycles. The summed E-state index contributed by atoms with van der Waals surface area (Å²) in [5.41, 5.74) is 1.19. The summed E-state index contributed by atoms with van der Waals surface area (Å²) in [4.78, 5) is 6.46. The van der Waals surface area contributed by atoms with Gasteiger partial charge in [0.15, 0.2) is 5.96 Å². The number of likely N-dealkylation sites (N-methyl/N-ethyl adjacent to an activating group) is 1. The maximum atomic E-state index is 5.34. The molecule has 0 aliphatic heterocycles. The Hall–Kier alpha value is -1.60. The van der Waals surface area contributed by atoms with E-state index in [9.17, 15) is 0 Å². The first-order chi connectivity index (χ1) is 11.1. The number of nitrogens with zero attached hydrogens (tertiary/aromatic N) is 4. The molecule has 0 amide bonds. The van der Waals surface area contributed by atoms with E-state index in [4.69, 9.17) is 4.74 Å². The van der Waals surface area contributed by atoms with Crippen LogP contribution in [0.1, 0.15) is 31.4 Å². The number of aryl methyl sites for hydroxylation is 1. The summed E-state index contributed by atoms with van der Waals surface area (Å²) in [6.07, 6.45) is 6.10. The molecule has 1 rings (SSSR count). The van der Waals surface area contributed by atoms with Gasteiger partial charge in [-0.05, 0) is 33.9 Å². The second-order valence-corrected chi connectivity index (χ2v) is 5.71. The van der Waals surface area contributed by atoms with Crippen LogP contribution in [0.15, 0.2) is 17.4 Å². The Morgan fingerprint density at radius 1 is 1.39 bits per heavy atom. The Balaban J connectivity index is 2.36. The summed E-state index contributed by atoms with van der Waals surface area (Å²) in [5, 5.41) is 11.0. The van der Waals surface area contributed by atoms with Gasteiger partial charge in [-0.25, -0.2) is 0 Å². The van der Waals surface area contributed by atoms with Gasteiger partial charge in [-0.3, -0.25) is 9.67 Å². The van der Waals surface area contributed by atoms with E-state index >= 15 is 0 Å². The number of aromatic nitrogens is 2. The molecule has 0 radical (unpaired) electrons. The van der Waals surface area contributed by atoms with Gasteiger partial charge in [0.2, 0.25) is 0 Å². The number of hydrogen-bond donors (Lipinski definition) is 2. The van der Waals surface area contributed by atoms with Crippen molar-refractivity contribution in [3.05, 3.63) is 18.0 Å². The molecule has 0 aliphatic carbocycles. The van der Waals surface area contributed by atoms with Crippen LogP contribution in [0.3, 0.4) is 0 Å². The van der Waals surface area contributed by atoms with Crippen molar-refractivity contribution < 1.29 is 4.74 Å². The van der Waals surface area contributed by atoms with Crippen molar-refractivity contribution in [3.8, 4) is 0 Å². The van der Waals surface area contributed by atoms with Gasteiger partial charge in [0.05, 0.1) is 12.2 Å². The molecule has 1 unspecified atom stereocenters. The van der Waals surface area contributed by atoms with Crippen molar-refractivity contribution in [2.24, 2.45) is 12.0 Å². The maximum absolute atomic E-state index is 5.34. The minimum atomic E-state index is 0.250. The Morgan fingerprint density at radius 3 is 2.74 bits per heavy atom. The van der Waals surface area contributed by atoms with E-state index in [0.29, 0.717) is 0 Å². The highest BCUT2D eigenvalue weighted by atomic mass is 16.5. The molecule has 7 nitrogen and oxygen atoms in total. The molecule has 7 heteroatoms. The van der Waals surface area contributed by atoms with Crippen LogP contribution in [0.5, 0.6) is 0 Å². The molecule has 0 spiro atoms. The predicted octanol–water partition coefficient (Wildman–Crippen LogP) is 1.00. The molecule has 1 aromatic rings. The van der Waals surface area contributed by atoms with Gasteiger partial charge in [-0.2, -0.15) is 5.10 Å².